The summed E-state index contributed by atoms with van der Waals surface area (Å²) in [4.78, 5) is 11.8. The Labute approximate surface area is 136 Å². The summed E-state index contributed by atoms with van der Waals surface area (Å²) in [5.41, 5.74) is 5.90. The van der Waals surface area contributed by atoms with Crippen molar-refractivity contribution < 1.29 is 22.7 Å². The number of rotatable bonds is 5. The summed E-state index contributed by atoms with van der Waals surface area (Å²) in [6, 6.07) is 4.12. The van der Waals surface area contributed by atoms with Crippen molar-refractivity contribution in [2.75, 3.05) is 14.2 Å². The van der Waals surface area contributed by atoms with Gasteiger partial charge in [0.1, 0.15) is 11.3 Å². The molecule has 0 heterocycles. The molecular weight excluding hydrogens is 320 g/mol. The van der Waals surface area contributed by atoms with Crippen LogP contribution in [0.5, 0.6) is 5.75 Å². The molecule has 0 amide bonds. The van der Waals surface area contributed by atoms with E-state index in [1.54, 1.807) is 0 Å². The maximum Gasteiger partial charge on any atom is 0.341 e. The Morgan fingerprint density at radius 2 is 1.87 bits per heavy atom. The monoisotopic (exact) mass is 342 g/mol. The Balaban J connectivity index is 2.24. The molecule has 1 aliphatic rings. The molecule has 0 bridgehead atoms. The summed E-state index contributed by atoms with van der Waals surface area (Å²) in [5, 5.41) is 0. The quantitative estimate of drug-likeness (QED) is 0.774. The highest BCUT2D eigenvalue weighted by molar-refractivity contribution is 7.89. The molecule has 128 valence electrons. The van der Waals surface area contributed by atoms with E-state index in [4.69, 9.17) is 10.5 Å². The minimum Gasteiger partial charge on any atom is -0.496 e. The Morgan fingerprint density at radius 3 is 2.43 bits per heavy atom. The number of methoxy groups -OCH3 is 2. The van der Waals surface area contributed by atoms with Gasteiger partial charge in [-0.2, -0.15) is 0 Å². The molecule has 7 nitrogen and oxygen atoms in total. The predicted octanol–water partition coefficient (Wildman–Crippen LogP) is 1.03. The van der Waals surface area contributed by atoms with Gasteiger partial charge in [0.15, 0.2) is 0 Å². The lowest BCUT2D eigenvalue weighted by Crippen LogP contribution is -2.40. The maximum atomic E-state index is 12.5. The van der Waals surface area contributed by atoms with Crippen molar-refractivity contribution in [2.45, 2.75) is 42.7 Å². The zero-order chi connectivity index (χ0) is 17.0. The molecule has 1 aromatic rings. The highest BCUT2D eigenvalue weighted by Crippen LogP contribution is 2.24. The highest BCUT2D eigenvalue weighted by Gasteiger charge is 2.26. The first-order valence-electron chi connectivity index (χ1n) is 7.41. The molecule has 0 atom stereocenters. The molecule has 2 rings (SSSR count). The van der Waals surface area contributed by atoms with Crippen molar-refractivity contribution in [3.8, 4) is 5.75 Å². The molecule has 1 fully saturated rings. The fraction of sp³-hybridized carbons (Fsp3) is 0.533. The van der Waals surface area contributed by atoms with Gasteiger partial charge in [0.25, 0.3) is 0 Å². The van der Waals surface area contributed by atoms with Crippen molar-refractivity contribution in [1.29, 1.82) is 0 Å². The van der Waals surface area contributed by atoms with E-state index in [-0.39, 0.29) is 28.3 Å². The van der Waals surface area contributed by atoms with Gasteiger partial charge in [0.2, 0.25) is 10.0 Å². The number of ether oxygens (including phenoxy) is 2. The summed E-state index contributed by atoms with van der Waals surface area (Å²) in [6.45, 7) is 0. The lowest BCUT2D eigenvalue weighted by Gasteiger charge is -2.26. The van der Waals surface area contributed by atoms with Gasteiger partial charge in [0, 0.05) is 12.1 Å². The van der Waals surface area contributed by atoms with Gasteiger partial charge in [-0.15, -0.1) is 0 Å². The van der Waals surface area contributed by atoms with Crippen molar-refractivity contribution in [1.82, 2.24) is 4.72 Å². The first-order chi connectivity index (χ1) is 10.9. The number of sulfonamides is 1. The molecule has 0 unspecified atom stereocenters. The van der Waals surface area contributed by atoms with E-state index >= 15 is 0 Å². The van der Waals surface area contributed by atoms with Crippen LogP contribution in [0, 0.1) is 0 Å². The van der Waals surface area contributed by atoms with Gasteiger partial charge in [-0.25, -0.2) is 17.9 Å². The normalized spacial score (nSPS) is 21.7. The van der Waals surface area contributed by atoms with Crippen LogP contribution in [-0.2, 0) is 14.8 Å². The van der Waals surface area contributed by atoms with Gasteiger partial charge in [-0.05, 0) is 43.9 Å². The molecule has 1 saturated carbocycles. The van der Waals surface area contributed by atoms with Gasteiger partial charge >= 0.3 is 5.97 Å². The minimum absolute atomic E-state index is 0.00794. The topological polar surface area (TPSA) is 108 Å². The van der Waals surface area contributed by atoms with Crippen LogP contribution in [0.4, 0.5) is 0 Å². The molecule has 0 aromatic heterocycles. The van der Waals surface area contributed by atoms with Crippen LogP contribution in [0.25, 0.3) is 0 Å². The second-order valence-electron chi connectivity index (χ2n) is 5.59. The second-order valence-corrected chi connectivity index (χ2v) is 7.30. The Morgan fingerprint density at radius 1 is 1.22 bits per heavy atom. The number of nitrogens with one attached hydrogen (secondary N) is 1. The van der Waals surface area contributed by atoms with Crippen LogP contribution < -0.4 is 15.2 Å². The van der Waals surface area contributed by atoms with Gasteiger partial charge in [-0.1, -0.05) is 0 Å². The lowest BCUT2D eigenvalue weighted by molar-refractivity contribution is 0.0597. The molecule has 0 aliphatic heterocycles. The van der Waals surface area contributed by atoms with Gasteiger partial charge in [0.05, 0.1) is 19.1 Å². The predicted molar refractivity (Wildman–Crippen MR) is 84.9 cm³/mol. The Bertz CT molecular complexity index is 666. The standard InChI is InChI=1S/C15H22N2O5S/c1-21-14-8-7-12(9-13(14)15(18)22-2)23(19,20)17-11-5-3-10(16)4-6-11/h7-11,17H,3-6,16H2,1-2H3. The van der Waals surface area contributed by atoms with Gasteiger partial charge < -0.3 is 15.2 Å². The zero-order valence-corrected chi connectivity index (χ0v) is 14.1. The highest BCUT2D eigenvalue weighted by atomic mass is 32.2. The van der Waals surface area contributed by atoms with E-state index in [9.17, 15) is 13.2 Å². The average Bonchev–Trinajstić information content (AvgIpc) is 2.55. The minimum atomic E-state index is -3.72. The van der Waals surface area contributed by atoms with Crippen LogP contribution in [0.15, 0.2) is 23.1 Å². The van der Waals surface area contributed by atoms with E-state index in [0.717, 1.165) is 12.8 Å². The summed E-state index contributed by atoms with van der Waals surface area (Å²) in [5.74, 6) is -0.387. The van der Waals surface area contributed by atoms with Crippen LogP contribution in [-0.4, -0.2) is 40.7 Å². The molecule has 0 spiro atoms. The largest absolute Gasteiger partial charge is 0.496 e. The lowest BCUT2D eigenvalue weighted by atomic mass is 9.93. The Kier molecular flexibility index (Phi) is 5.61. The number of hydrogen-bond donors (Lipinski definition) is 2. The van der Waals surface area contributed by atoms with Crippen LogP contribution in [0.3, 0.4) is 0 Å². The van der Waals surface area contributed by atoms with Crippen LogP contribution in [0.1, 0.15) is 36.0 Å². The average molecular weight is 342 g/mol. The number of carbonyl (C=O) groups is 1. The van der Waals surface area contributed by atoms with E-state index in [1.807, 2.05) is 0 Å². The molecule has 8 heteroatoms. The first kappa shape index (κ1) is 17.7. The smallest absolute Gasteiger partial charge is 0.341 e. The molecular formula is C15H22N2O5S. The third kappa shape index (κ3) is 4.21. The number of hydrogen-bond acceptors (Lipinski definition) is 6. The first-order valence-corrected chi connectivity index (χ1v) is 8.90. The third-order valence-corrected chi connectivity index (χ3v) is 5.50. The SMILES string of the molecule is COC(=O)c1cc(S(=O)(=O)NC2CCC(N)CC2)ccc1OC. The fourth-order valence-electron chi connectivity index (χ4n) is 2.65. The third-order valence-electron chi connectivity index (χ3n) is 3.98. The summed E-state index contributed by atoms with van der Waals surface area (Å²) >= 11 is 0. The van der Waals surface area contributed by atoms with Crippen molar-refractivity contribution in [3.63, 3.8) is 0 Å². The van der Waals surface area contributed by atoms with E-state index in [1.165, 1.54) is 32.4 Å². The summed E-state index contributed by atoms with van der Waals surface area (Å²) in [6.07, 6.45) is 3.01. The molecule has 1 aliphatic carbocycles. The van der Waals surface area contributed by atoms with E-state index in [0.29, 0.717) is 12.8 Å². The fourth-order valence-corrected chi connectivity index (χ4v) is 3.98. The zero-order valence-electron chi connectivity index (χ0n) is 13.2. The van der Waals surface area contributed by atoms with Crippen molar-refractivity contribution in [2.24, 2.45) is 5.73 Å². The molecule has 23 heavy (non-hydrogen) atoms. The van der Waals surface area contributed by atoms with Crippen molar-refractivity contribution in [3.05, 3.63) is 23.8 Å². The van der Waals surface area contributed by atoms with Crippen molar-refractivity contribution >= 4 is 16.0 Å². The molecule has 1 aromatic carbocycles. The Hall–Kier alpha value is -1.64. The molecule has 3 N–H and O–H groups in total. The van der Waals surface area contributed by atoms with E-state index < -0.39 is 16.0 Å². The van der Waals surface area contributed by atoms with Crippen LogP contribution in [0.2, 0.25) is 0 Å². The number of benzene rings is 1. The number of esters is 1. The number of carbonyl (C=O) groups excluding carboxylic acids is 1. The van der Waals surface area contributed by atoms with Crippen LogP contribution >= 0.6 is 0 Å². The molecule has 0 radical (unpaired) electrons. The van der Waals surface area contributed by atoms with Gasteiger partial charge in [-0.3, -0.25) is 0 Å². The molecule has 0 saturated heterocycles. The maximum absolute atomic E-state index is 12.5. The summed E-state index contributed by atoms with van der Waals surface area (Å²) < 4.78 is 37.4. The van der Waals surface area contributed by atoms with E-state index in [2.05, 4.69) is 9.46 Å². The second kappa shape index (κ2) is 7.29. The number of nitrogens with two attached hydrogens (primary N) is 1. The summed E-state index contributed by atoms with van der Waals surface area (Å²) in [7, 11) is -1.09.